The lowest BCUT2D eigenvalue weighted by atomic mass is 9.82. The van der Waals surface area contributed by atoms with E-state index in [2.05, 4.69) is 6.07 Å². The van der Waals surface area contributed by atoms with Gasteiger partial charge in [-0.25, -0.2) is 9.59 Å². The van der Waals surface area contributed by atoms with Crippen LogP contribution in [0.25, 0.3) is 11.1 Å². The van der Waals surface area contributed by atoms with Gasteiger partial charge >= 0.3 is 11.9 Å². The number of ether oxygens (including phenoxy) is 2. The summed E-state index contributed by atoms with van der Waals surface area (Å²) in [6, 6.07) is 31.6. The SMILES string of the molecule is O=C(Oc1cc(-c2ccccc2)cc(C2CCCCC2)c1OC(=O)c1ccccc1)c1ccccc1. The monoisotopic (exact) mass is 476 g/mol. The van der Waals surface area contributed by atoms with Crippen LogP contribution in [0.4, 0.5) is 0 Å². The second-order valence-corrected chi connectivity index (χ2v) is 9.10. The van der Waals surface area contributed by atoms with Crippen LogP contribution in [0, 0.1) is 0 Å². The molecule has 0 aromatic heterocycles. The van der Waals surface area contributed by atoms with Gasteiger partial charge in [0.15, 0.2) is 11.5 Å². The summed E-state index contributed by atoms with van der Waals surface area (Å²) in [5.41, 5.74) is 3.72. The Hall–Kier alpha value is -4.18. The van der Waals surface area contributed by atoms with Crippen molar-refractivity contribution in [2.24, 2.45) is 0 Å². The zero-order valence-corrected chi connectivity index (χ0v) is 20.1. The van der Waals surface area contributed by atoms with Crippen LogP contribution >= 0.6 is 0 Å². The van der Waals surface area contributed by atoms with E-state index in [-0.39, 0.29) is 11.7 Å². The Kier molecular flexibility index (Phi) is 7.23. The zero-order chi connectivity index (χ0) is 24.7. The molecule has 1 fully saturated rings. The molecule has 0 aliphatic heterocycles. The second kappa shape index (κ2) is 11.0. The fourth-order valence-corrected chi connectivity index (χ4v) is 4.78. The minimum atomic E-state index is -0.493. The first-order chi connectivity index (χ1) is 17.7. The summed E-state index contributed by atoms with van der Waals surface area (Å²) in [6.07, 6.45) is 5.43. The lowest BCUT2D eigenvalue weighted by Crippen LogP contribution is -2.16. The predicted octanol–water partition coefficient (Wildman–Crippen LogP) is 7.84. The van der Waals surface area contributed by atoms with Crippen molar-refractivity contribution in [3.63, 3.8) is 0 Å². The van der Waals surface area contributed by atoms with E-state index in [9.17, 15) is 9.59 Å². The van der Waals surface area contributed by atoms with Crippen LogP contribution < -0.4 is 9.47 Å². The van der Waals surface area contributed by atoms with Gasteiger partial charge in [-0.1, -0.05) is 86.0 Å². The molecule has 0 radical (unpaired) electrons. The van der Waals surface area contributed by atoms with Gasteiger partial charge in [0.1, 0.15) is 0 Å². The summed E-state index contributed by atoms with van der Waals surface area (Å²) in [5, 5.41) is 0. The van der Waals surface area contributed by atoms with Gasteiger partial charge in [-0.15, -0.1) is 0 Å². The fourth-order valence-electron chi connectivity index (χ4n) is 4.78. The summed E-state index contributed by atoms with van der Waals surface area (Å²) in [6.45, 7) is 0. The summed E-state index contributed by atoms with van der Waals surface area (Å²) >= 11 is 0. The molecule has 0 heterocycles. The van der Waals surface area contributed by atoms with E-state index in [1.54, 1.807) is 54.6 Å². The topological polar surface area (TPSA) is 52.6 Å². The molecule has 0 spiro atoms. The maximum atomic E-state index is 13.1. The van der Waals surface area contributed by atoms with Crippen LogP contribution in [0.3, 0.4) is 0 Å². The molecule has 1 aliphatic carbocycles. The van der Waals surface area contributed by atoms with Crippen molar-refractivity contribution in [3.05, 3.63) is 120 Å². The third kappa shape index (κ3) is 5.38. The number of esters is 2. The molecule has 0 amide bonds. The van der Waals surface area contributed by atoms with Gasteiger partial charge in [0, 0.05) is 5.56 Å². The van der Waals surface area contributed by atoms with E-state index in [1.165, 1.54) is 6.42 Å². The van der Waals surface area contributed by atoms with Crippen molar-refractivity contribution in [2.75, 3.05) is 0 Å². The highest BCUT2D eigenvalue weighted by atomic mass is 16.6. The quantitative estimate of drug-likeness (QED) is 0.210. The first kappa shape index (κ1) is 23.6. The second-order valence-electron chi connectivity index (χ2n) is 9.10. The van der Waals surface area contributed by atoms with Gasteiger partial charge in [0.2, 0.25) is 0 Å². The Bertz CT molecular complexity index is 1320. The van der Waals surface area contributed by atoms with Gasteiger partial charge in [0.25, 0.3) is 0 Å². The molecule has 4 aromatic rings. The maximum Gasteiger partial charge on any atom is 0.343 e. The molecule has 0 atom stereocenters. The molecule has 4 nitrogen and oxygen atoms in total. The number of benzene rings is 4. The molecule has 4 heteroatoms. The number of hydrogen-bond acceptors (Lipinski definition) is 4. The summed E-state index contributed by atoms with van der Waals surface area (Å²) in [7, 11) is 0. The fraction of sp³-hybridized carbons (Fsp3) is 0.188. The molecule has 36 heavy (non-hydrogen) atoms. The van der Waals surface area contributed by atoms with Gasteiger partial charge < -0.3 is 9.47 Å². The highest BCUT2D eigenvalue weighted by Gasteiger charge is 2.27. The van der Waals surface area contributed by atoms with Crippen LogP contribution in [0.1, 0.15) is 64.3 Å². The van der Waals surface area contributed by atoms with Crippen molar-refractivity contribution in [3.8, 4) is 22.6 Å². The molecule has 180 valence electrons. The average Bonchev–Trinajstić information content (AvgIpc) is 2.95. The summed E-state index contributed by atoms with van der Waals surface area (Å²) in [5.74, 6) is -0.158. The van der Waals surface area contributed by atoms with E-state index >= 15 is 0 Å². The minimum Gasteiger partial charge on any atom is -0.419 e. The normalized spacial score (nSPS) is 13.7. The van der Waals surface area contributed by atoms with Gasteiger partial charge in [-0.3, -0.25) is 0 Å². The average molecular weight is 477 g/mol. The van der Waals surface area contributed by atoms with Gasteiger partial charge in [0.05, 0.1) is 11.1 Å². The third-order valence-electron chi connectivity index (χ3n) is 6.65. The van der Waals surface area contributed by atoms with Crippen molar-refractivity contribution >= 4 is 11.9 Å². The Morgan fingerprint density at radius 3 is 1.69 bits per heavy atom. The molecule has 0 bridgehead atoms. The van der Waals surface area contributed by atoms with Crippen molar-refractivity contribution in [1.82, 2.24) is 0 Å². The molecule has 1 aliphatic rings. The van der Waals surface area contributed by atoms with Crippen LogP contribution in [0.15, 0.2) is 103 Å². The molecular formula is C32H28O4. The van der Waals surface area contributed by atoms with Crippen molar-refractivity contribution in [1.29, 1.82) is 0 Å². The lowest BCUT2D eigenvalue weighted by Gasteiger charge is -2.26. The minimum absolute atomic E-state index is 0.218. The smallest absolute Gasteiger partial charge is 0.343 e. The van der Waals surface area contributed by atoms with Crippen LogP contribution in [-0.4, -0.2) is 11.9 Å². The number of rotatable bonds is 6. The predicted molar refractivity (Wildman–Crippen MR) is 141 cm³/mol. The first-order valence-corrected chi connectivity index (χ1v) is 12.5. The van der Waals surface area contributed by atoms with Crippen LogP contribution in [-0.2, 0) is 0 Å². The van der Waals surface area contributed by atoms with Crippen molar-refractivity contribution in [2.45, 2.75) is 38.0 Å². The number of carbonyl (C=O) groups is 2. The molecule has 5 rings (SSSR count). The van der Waals surface area contributed by atoms with E-state index in [0.29, 0.717) is 16.9 Å². The molecular weight excluding hydrogens is 448 g/mol. The summed E-state index contributed by atoms with van der Waals surface area (Å²) < 4.78 is 12.0. The Morgan fingerprint density at radius 1 is 0.583 bits per heavy atom. The first-order valence-electron chi connectivity index (χ1n) is 12.5. The maximum absolute atomic E-state index is 13.1. The molecule has 0 N–H and O–H groups in total. The standard InChI is InChI=1S/C32H28O4/c33-31(25-17-9-3-10-18-25)35-29-22-27(23-13-5-1-6-14-23)21-28(24-15-7-2-8-16-24)30(29)36-32(34)26-19-11-4-12-20-26/h1,3-6,9-14,17-22,24H,2,7-8,15-16H2. The van der Waals surface area contributed by atoms with E-state index in [0.717, 1.165) is 42.4 Å². The van der Waals surface area contributed by atoms with Crippen LogP contribution in [0.5, 0.6) is 11.5 Å². The van der Waals surface area contributed by atoms with E-state index in [4.69, 9.17) is 9.47 Å². The number of hydrogen-bond donors (Lipinski definition) is 0. The van der Waals surface area contributed by atoms with E-state index < -0.39 is 11.9 Å². The third-order valence-corrected chi connectivity index (χ3v) is 6.65. The van der Waals surface area contributed by atoms with Gasteiger partial charge in [-0.05, 0) is 66.3 Å². The van der Waals surface area contributed by atoms with Crippen molar-refractivity contribution < 1.29 is 19.1 Å². The lowest BCUT2D eigenvalue weighted by molar-refractivity contribution is 0.0680. The van der Waals surface area contributed by atoms with Gasteiger partial charge in [-0.2, -0.15) is 0 Å². The van der Waals surface area contributed by atoms with E-state index in [1.807, 2.05) is 42.5 Å². The summed E-state index contributed by atoms with van der Waals surface area (Å²) in [4.78, 5) is 26.2. The number of carbonyl (C=O) groups excluding carboxylic acids is 2. The molecule has 0 saturated heterocycles. The Balaban J connectivity index is 1.62. The Morgan fingerprint density at radius 2 is 1.11 bits per heavy atom. The zero-order valence-electron chi connectivity index (χ0n) is 20.1. The largest absolute Gasteiger partial charge is 0.419 e. The Labute approximate surface area is 211 Å². The molecule has 4 aromatic carbocycles. The molecule has 0 unspecified atom stereocenters. The highest BCUT2D eigenvalue weighted by Crippen LogP contribution is 2.45. The highest BCUT2D eigenvalue weighted by molar-refractivity contribution is 5.94. The molecule has 1 saturated carbocycles. The van der Waals surface area contributed by atoms with Crippen LogP contribution in [0.2, 0.25) is 0 Å².